The summed E-state index contributed by atoms with van der Waals surface area (Å²) in [6.07, 6.45) is 1.52. The summed E-state index contributed by atoms with van der Waals surface area (Å²) in [5, 5.41) is 4.06. The van der Waals surface area contributed by atoms with E-state index >= 15 is 0 Å². The van der Waals surface area contributed by atoms with Crippen molar-refractivity contribution in [1.29, 1.82) is 0 Å². The lowest BCUT2D eigenvalue weighted by Gasteiger charge is -2.13. The molecule has 0 radical (unpaired) electrons. The lowest BCUT2D eigenvalue weighted by molar-refractivity contribution is 0.0954. The number of methoxy groups -OCH3 is 3. The normalized spacial score (nSPS) is 10.6. The minimum Gasteiger partial charge on any atom is -0.497 e. The van der Waals surface area contributed by atoms with Crippen LogP contribution in [0, 0.1) is 0 Å². The van der Waals surface area contributed by atoms with Gasteiger partial charge in [0.25, 0.3) is 5.91 Å². The molecule has 0 fully saturated rings. The number of amides is 1. The van der Waals surface area contributed by atoms with Crippen molar-refractivity contribution in [3.05, 3.63) is 81.8 Å². The van der Waals surface area contributed by atoms with Crippen LogP contribution >= 0.6 is 15.9 Å². The molecule has 0 aromatic heterocycles. The molecule has 3 aromatic carbocycles. The smallest absolute Gasteiger partial charge is 0.271 e. The fraction of sp³-hybridized carbons (Fsp3) is 0.167. The Morgan fingerprint density at radius 3 is 2.25 bits per heavy atom. The monoisotopic (exact) mass is 498 g/mol. The molecule has 8 heteroatoms. The molecule has 3 aromatic rings. The Bertz CT molecular complexity index is 1080. The van der Waals surface area contributed by atoms with Crippen LogP contribution in [0.4, 0.5) is 0 Å². The number of hydrogen-bond acceptors (Lipinski definition) is 6. The van der Waals surface area contributed by atoms with Crippen molar-refractivity contribution < 1.29 is 23.7 Å². The molecule has 7 nitrogen and oxygen atoms in total. The van der Waals surface area contributed by atoms with Crippen LogP contribution in [0.2, 0.25) is 0 Å². The third-order valence-electron chi connectivity index (χ3n) is 4.50. The van der Waals surface area contributed by atoms with Crippen molar-refractivity contribution in [3.8, 4) is 23.0 Å². The van der Waals surface area contributed by atoms with Gasteiger partial charge in [-0.05, 0) is 45.8 Å². The van der Waals surface area contributed by atoms with Crippen molar-refractivity contribution in [2.75, 3.05) is 21.3 Å². The number of hydrazone groups is 1. The van der Waals surface area contributed by atoms with Crippen LogP contribution in [0.25, 0.3) is 0 Å². The van der Waals surface area contributed by atoms with E-state index in [0.29, 0.717) is 40.7 Å². The fourth-order valence-corrected chi connectivity index (χ4v) is 3.25. The predicted octanol–water partition coefficient (Wildman–Crippen LogP) is 4.82. The molecule has 1 N–H and O–H groups in total. The summed E-state index contributed by atoms with van der Waals surface area (Å²) in [5.74, 6) is 1.76. The van der Waals surface area contributed by atoms with Crippen molar-refractivity contribution >= 4 is 28.1 Å². The van der Waals surface area contributed by atoms with Crippen LogP contribution in [0.3, 0.4) is 0 Å². The number of benzene rings is 3. The van der Waals surface area contributed by atoms with Gasteiger partial charge < -0.3 is 18.9 Å². The number of halogens is 1. The van der Waals surface area contributed by atoms with Crippen LogP contribution in [-0.4, -0.2) is 33.5 Å². The second-order valence-corrected chi connectivity index (χ2v) is 7.45. The fourth-order valence-electron chi connectivity index (χ4n) is 2.82. The van der Waals surface area contributed by atoms with E-state index in [4.69, 9.17) is 18.9 Å². The highest BCUT2D eigenvalue weighted by molar-refractivity contribution is 9.10. The van der Waals surface area contributed by atoms with Gasteiger partial charge in [0, 0.05) is 21.7 Å². The maximum atomic E-state index is 12.5. The zero-order chi connectivity index (χ0) is 22.9. The zero-order valence-electron chi connectivity index (χ0n) is 17.9. The van der Waals surface area contributed by atoms with Gasteiger partial charge in [-0.25, -0.2) is 5.43 Å². The maximum Gasteiger partial charge on any atom is 0.271 e. The molecule has 0 unspecified atom stereocenters. The molecule has 0 atom stereocenters. The van der Waals surface area contributed by atoms with Gasteiger partial charge in [0.1, 0.15) is 18.1 Å². The van der Waals surface area contributed by atoms with E-state index in [2.05, 4.69) is 26.5 Å². The van der Waals surface area contributed by atoms with Crippen molar-refractivity contribution in [1.82, 2.24) is 5.43 Å². The summed E-state index contributed by atoms with van der Waals surface area (Å²) in [7, 11) is 4.61. The van der Waals surface area contributed by atoms with Crippen molar-refractivity contribution in [2.24, 2.45) is 5.10 Å². The Morgan fingerprint density at radius 1 is 0.938 bits per heavy atom. The molecule has 0 spiro atoms. The molecule has 0 heterocycles. The molecule has 0 aliphatic carbocycles. The van der Waals surface area contributed by atoms with E-state index in [1.807, 2.05) is 30.3 Å². The number of nitrogens with zero attached hydrogens (tertiary/aromatic N) is 1. The van der Waals surface area contributed by atoms with Crippen LogP contribution in [0.15, 0.2) is 70.2 Å². The van der Waals surface area contributed by atoms with E-state index in [0.717, 1.165) is 10.0 Å². The molecule has 0 aliphatic heterocycles. The minimum absolute atomic E-state index is 0.361. The van der Waals surface area contributed by atoms with Gasteiger partial charge in [0.2, 0.25) is 0 Å². The third-order valence-corrected chi connectivity index (χ3v) is 5.19. The number of rotatable bonds is 9. The summed E-state index contributed by atoms with van der Waals surface area (Å²) >= 11 is 3.51. The quantitative estimate of drug-likeness (QED) is 0.338. The van der Waals surface area contributed by atoms with Crippen LogP contribution in [0.1, 0.15) is 21.5 Å². The highest BCUT2D eigenvalue weighted by atomic mass is 79.9. The number of ether oxygens (including phenoxy) is 4. The van der Waals surface area contributed by atoms with E-state index in [1.54, 1.807) is 37.4 Å². The summed E-state index contributed by atoms with van der Waals surface area (Å²) in [6.45, 7) is 0.414. The summed E-state index contributed by atoms with van der Waals surface area (Å²) in [6, 6.07) is 18.3. The standard InChI is InChI=1S/C24H23BrN2O5/c1-29-19-9-17(10-20(12-19)30-2)24(28)27-26-14-18-11-22(31-3)23(13-21(18)25)32-15-16-7-5-4-6-8-16/h4-14H,15H2,1-3H3,(H,27,28). The number of carbonyl (C=O) groups excluding carboxylic acids is 1. The molecule has 0 bridgehead atoms. The van der Waals surface area contributed by atoms with E-state index < -0.39 is 5.91 Å². The van der Waals surface area contributed by atoms with E-state index in [1.165, 1.54) is 20.4 Å². The van der Waals surface area contributed by atoms with Gasteiger partial charge >= 0.3 is 0 Å². The van der Waals surface area contributed by atoms with Gasteiger partial charge in [-0.1, -0.05) is 30.3 Å². The number of carbonyl (C=O) groups is 1. The van der Waals surface area contributed by atoms with Crippen molar-refractivity contribution in [2.45, 2.75) is 6.61 Å². The SMILES string of the molecule is COc1cc(OC)cc(C(=O)NN=Cc2cc(OC)c(OCc3ccccc3)cc2Br)c1. The van der Waals surface area contributed by atoms with Gasteiger partial charge in [-0.15, -0.1) is 0 Å². The molecular formula is C24H23BrN2O5. The molecule has 166 valence electrons. The van der Waals surface area contributed by atoms with Crippen LogP contribution < -0.4 is 24.4 Å². The second-order valence-electron chi connectivity index (χ2n) is 6.60. The first-order valence-electron chi connectivity index (χ1n) is 9.64. The Labute approximate surface area is 195 Å². The first-order chi connectivity index (χ1) is 15.5. The summed E-state index contributed by atoms with van der Waals surface area (Å²) in [4.78, 5) is 12.5. The first kappa shape index (κ1) is 23.1. The summed E-state index contributed by atoms with van der Waals surface area (Å²) in [5.41, 5.74) is 4.62. The average Bonchev–Trinajstić information content (AvgIpc) is 2.83. The lowest BCUT2D eigenvalue weighted by atomic mass is 10.2. The number of hydrogen-bond donors (Lipinski definition) is 1. The molecule has 0 aliphatic rings. The Hall–Kier alpha value is -3.52. The van der Waals surface area contributed by atoms with Gasteiger partial charge in [0.15, 0.2) is 11.5 Å². The molecule has 32 heavy (non-hydrogen) atoms. The van der Waals surface area contributed by atoms with Gasteiger partial charge in [-0.3, -0.25) is 4.79 Å². The minimum atomic E-state index is -0.399. The maximum absolute atomic E-state index is 12.5. The van der Waals surface area contributed by atoms with Gasteiger partial charge in [-0.2, -0.15) is 5.10 Å². The summed E-state index contributed by atoms with van der Waals surface area (Å²) < 4.78 is 22.5. The Morgan fingerprint density at radius 2 is 1.62 bits per heavy atom. The zero-order valence-corrected chi connectivity index (χ0v) is 19.5. The molecule has 1 amide bonds. The topological polar surface area (TPSA) is 78.4 Å². The second kappa shape index (κ2) is 11.2. The van der Waals surface area contributed by atoms with Crippen LogP contribution in [0.5, 0.6) is 23.0 Å². The van der Waals surface area contributed by atoms with E-state index in [-0.39, 0.29) is 0 Å². The van der Waals surface area contributed by atoms with Crippen molar-refractivity contribution in [3.63, 3.8) is 0 Å². The van der Waals surface area contributed by atoms with E-state index in [9.17, 15) is 4.79 Å². The molecule has 0 saturated heterocycles. The van der Waals surface area contributed by atoms with Crippen LogP contribution in [-0.2, 0) is 6.61 Å². The highest BCUT2D eigenvalue weighted by Crippen LogP contribution is 2.33. The predicted molar refractivity (Wildman–Crippen MR) is 126 cm³/mol. The van der Waals surface area contributed by atoms with Gasteiger partial charge in [0.05, 0.1) is 27.5 Å². The number of nitrogens with one attached hydrogen (secondary N) is 1. The lowest BCUT2D eigenvalue weighted by Crippen LogP contribution is -2.17. The largest absolute Gasteiger partial charge is 0.497 e. The highest BCUT2D eigenvalue weighted by Gasteiger charge is 2.11. The third kappa shape index (κ3) is 6.01. The Kier molecular flexibility index (Phi) is 8.10. The Balaban J connectivity index is 1.71. The molecule has 0 saturated carbocycles. The first-order valence-corrected chi connectivity index (χ1v) is 10.4. The molecule has 3 rings (SSSR count). The average molecular weight is 499 g/mol. The molecular weight excluding hydrogens is 476 g/mol.